The molecule has 4 heteroatoms. The van der Waals surface area contributed by atoms with Crippen LogP contribution in [0.4, 0.5) is 0 Å². The van der Waals surface area contributed by atoms with Gasteiger partial charge in [0.25, 0.3) is 0 Å². The second-order valence-electron chi connectivity index (χ2n) is 3.72. The highest BCUT2D eigenvalue weighted by Crippen LogP contribution is 2.01. The Hall–Kier alpha value is -0.610. The molecule has 0 aliphatic rings. The van der Waals surface area contributed by atoms with E-state index in [1.807, 2.05) is 4.90 Å². The van der Waals surface area contributed by atoms with Crippen LogP contribution in [0.1, 0.15) is 32.6 Å². The van der Waals surface area contributed by atoms with Crippen LogP contribution >= 0.6 is 0 Å². The van der Waals surface area contributed by atoms with Crippen LogP contribution in [0.3, 0.4) is 0 Å². The minimum Gasteiger partial charge on any atom is -0.480 e. The quantitative estimate of drug-likeness (QED) is 0.565. The Labute approximate surface area is 92.2 Å². The van der Waals surface area contributed by atoms with Crippen molar-refractivity contribution in [1.29, 1.82) is 0 Å². The first-order valence-corrected chi connectivity index (χ1v) is 5.63. The first-order chi connectivity index (χ1) is 7.20. The largest absolute Gasteiger partial charge is 0.480 e. The fourth-order valence-corrected chi connectivity index (χ4v) is 1.44. The van der Waals surface area contributed by atoms with E-state index in [0.29, 0.717) is 13.2 Å². The molecule has 0 aliphatic carbocycles. The lowest BCUT2D eigenvalue weighted by Crippen LogP contribution is -2.33. The molecule has 0 saturated carbocycles. The van der Waals surface area contributed by atoms with Gasteiger partial charge in [-0.3, -0.25) is 9.69 Å². The van der Waals surface area contributed by atoms with Gasteiger partial charge < -0.3 is 9.84 Å². The van der Waals surface area contributed by atoms with Gasteiger partial charge in [-0.1, -0.05) is 26.2 Å². The molecule has 0 saturated heterocycles. The van der Waals surface area contributed by atoms with Crippen LogP contribution in [0.2, 0.25) is 0 Å². The number of rotatable bonds is 10. The van der Waals surface area contributed by atoms with Crippen molar-refractivity contribution >= 4 is 5.97 Å². The number of nitrogens with zero attached hydrogens (tertiary/aromatic N) is 1. The maximum absolute atomic E-state index is 10.6. The normalized spacial score (nSPS) is 10.9. The lowest BCUT2D eigenvalue weighted by molar-refractivity contribution is -0.138. The standard InChI is InChI=1S/C11H23NO3/c1-3-4-5-6-7-12(8-9-15-2)10-11(13)14/h3-10H2,1-2H3,(H,13,14). The summed E-state index contributed by atoms with van der Waals surface area (Å²) in [7, 11) is 1.63. The Kier molecular flexibility index (Phi) is 9.52. The van der Waals surface area contributed by atoms with Gasteiger partial charge in [0.05, 0.1) is 13.2 Å². The van der Waals surface area contributed by atoms with E-state index in [9.17, 15) is 4.79 Å². The summed E-state index contributed by atoms with van der Waals surface area (Å²) < 4.78 is 4.95. The van der Waals surface area contributed by atoms with Crippen LogP contribution in [0.15, 0.2) is 0 Å². The summed E-state index contributed by atoms with van der Waals surface area (Å²) in [5.41, 5.74) is 0. The summed E-state index contributed by atoms with van der Waals surface area (Å²) in [5.74, 6) is -0.762. The number of methoxy groups -OCH3 is 1. The van der Waals surface area contributed by atoms with Crippen molar-refractivity contribution in [3.8, 4) is 0 Å². The maximum Gasteiger partial charge on any atom is 0.317 e. The van der Waals surface area contributed by atoms with E-state index in [0.717, 1.165) is 13.0 Å². The molecule has 0 aromatic rings. The van der Waals surface area contributed by atoms with Crippen molar-refractivity contribution in [3.63, 3.8) is 0 Å². The molecular weight excluding hydrogens is 194 g/mol. The van der Waals surface area contributed by atoms with Crippen LogP contribution in [0, 0.1) is 0 Å². The lowest BCUT2D eigenvalue weighted by atomic mass is 10.2. The molecule has 0 fully saturated rings. The summed E-state index contributed by atoms with van der Waals surface area (Å²) in [6.07, 6.45) is 4.69. The zero-order chi connectivity index (χ0) is 11.5. The molecular formula is C11H23NO3. The van der Waals surface area contributed by atoms with Crippen molar-refractivity contribution in [2.45, 2.75) is 32.6 Å². The molecule has 0 heterocycles. The van der Waals surface area contributed by atoms with E-state index in [-0.39, 0.29) is 6.54 Å². The van der Waals surface area contributed by atoms with Crippen molar-refractivity contribution in [2.75, 3.05) is 33.4 Å². The summed E-state index contributed by atoms with van der Waals surface area (Å²) in [4.78, 5) is 12.5. The predicted octanol–water partition coefficient (Wildman–Crippen LogP) is 1.60. The molecule has 0 aromatic heterocycles. The molecule has 0 rings (SSSR count). The van der Waals surface area contributed by atoms with Gasteiger partial charge in [0.1, 0.15) is 0 Å². The monoisotopic (exact) mass is 217 g/mol. The number of carboxylic acids is 1. The topological polar surface area (TPSA) is 49.8 Å². The molecule has 15 heavy (non-hydrogen) atoms. The fraction of sp³-hybridized carbons (Fsp3) is 0.909. The van der Waals surface area contributed by atoms with Crippen LogP contribution in [-0.4, -0.2) is 49.3 Å². The summed E-state index contributed by atoms with van der Waals surface area (Å²) >= 11 is 0. The van der Waals surface area contributed by atoms with E-state index in [2.05, 4.69) is 6.92 Å². The van der Waals surface area contributed by atoms with Gasteiger partial charge in [-0.2, -0.15) is 0 Å². The number of carbonyl (C=O) groups is 1. The number of aliphatic carboxylic acids is 1. The molecule has 4 nitrogen and oxygen atoms in total. The van der Waals surface area contributed by atoms with Crippen LogP contribution in [0.25, 0.3) is 0 Å². The first kappa shape index (κ1) is 14.4. The Bertz CT molecular complexity index is 162. The molecule has 0 aromatic carbocycles. The van der Waals surface area contributed by atoms with Gasteiger partial charge in [-0.05, 0) is 13.0 Å². The first-order valence-electron chi connectivity index (χ1n) is 5.63. The minimum absolute atomic E-state index is 0.121. The summed E-state index contributed by atoms with van der Waals surface area (Å²) in [6.45, 7) is 4.45. The second kappa shape index (κ2) is 9.93. The van der Waals surface area contributed by atoms with Crippen molar-refractivity contribution in [2.24, 2.45) is 0 Å². The Morgan fingerprint density at radius 1 is 1.27 bits per heavy atom. The van der Waals surface area contributed by atoms with Gasteiger partial charge in [0.2, 0.25) is 0 Å². The molecule has 0 amide bonds. The Morgan fingerprint density at radius 2 is 2.00 bits per heavy atom. The average Bonchev–Trinajstić information content (AvgIpc) is 2.19. The smallest absolute Gasteiger partial charge is 0.317 e. The van der Waals surface area contributed by atoms with Gasteiger partial charge in [0, 0.05) is 13.7 Å². The molecule has 1 N–H and O–H groups in total. The van der Waals surface area contributed by atoms with Gasteiger partial charge >= 0.3 is 5.97 Å². The number of hydrogen-bond donors (Lipinski definition) is 1. The van der Waals surface area contributed by atoms with E-state index in [1.54, 1.807) is 7.11 Å². The maximum atomic E-state index is 10.6. The van der Waals surface area contributed by atoms with Gasteiger partial charge in [-0.15, -0.1) is 0 Å². The zero-order valence-electron chi connectivity index (χ0n) is 9.87. The van der Waals surface area contributed by atoms with E-state index < -0.39 is 5.97 Å². The zero-order valence-corrected chi connectivity index (χ0v) is 9.87. The Balaban J connectivity index is 3.64. The van der Waals surface area contributed by atoms with Gasteiger partial charge in [-0.25, -0.2) is 0 Å². The molecule has 0 bridgehead atoms. The summed E-state index contributed by atoms with van der Waals surface area (Å²) in [6, 6.07) is 0. The number of hydrogen-bond acceptors (Lipinski definition) is 3. The van der Waals surface area contributed by atoms with Crippen molar-refractivity contribution in [3.05, 3.63) is 0 Å². The van der Waals surface area contributed by atoms with E-state index in [4.69, 9.17) is 9.84 Å². The molecule has 0 radical (unpaired) electrons. The van der Waals surface area contributed by atoms with Crippen molar-refractivity contribution < 1.29 is 14.6 Å². The van der Waals surface area contributed by atoms with E-state index in [1.165, 1.54) is 19.3 Å². The number of ether oxygens (including phenoxy) is 1. The van der Waals surface area contributed by atoms with Crippen LogP contribution < -0.4 is 0 Å². The molecule has 0 spiro atoms. The second-order valence-corrected chi connectivity index (χ2v) is 3.72. The molecule has 0 atom stereocenters. The lowest BCUT2D eigenvalue weighted by Gasteiger charge is -2.19. The fourth-order valence-electron chi connectivity index (χ4n) is 1.44. The number of carboxylic acid groups (broad SMARTS) is 1. The third-order valence-electron chi connectivity index (χ3n) is 2.30. The van der Waals surface area contributed by atoms with Crippen LogP contribution in [-0.2, 0) is 9.53 Å². The third kappa shape index (κ3) is 9.69. The van der Waals surface area contributed by atoms with E-state index >= 15 is 0 Å². The van der Waals surface area contributed by atoms with Crippen molar-refractivity contribution in [1.82, 2.24) is 4.90 Å². The minimum atomic E-state index is -0.762. The van der Waals surface area contributed by atoms with Gasteiger partial charge in [0.15, 0.2) is 0 Å². The predicted molar refractivity (Wildman–Crippen MR) is 60.1 cm³/mol. The number of unbranched alkanes of at least 4 members (excludes halogenated alkanes) is 3. The summed E-state index contributed by atoms with van der Waals surface area (Å²) in [5, 5.41) is 8.70. The highest BCUT2D eigenvalue weighted by atomic mass is 16.5. The molecule has 0 aliphatic heterocycles. The van der Waals surface area contributed by atoms with Crippen LogP contribution in [0.5, 0.6) is 0 Å². The molecule has 0 unspecified atom stereocenters. The SMILES string of the molecule is CCCCCCN(CCOC)CC(=O)O. The highest BCUT2D eigenvalue weighted by Gasteiger charge is 2.08. The highest BCUT2D eigenvalue weighted by molar-refractivity contribution is 5.69. The average molecular weight is 217 g/mol. The molecule has 90 valence electrons. The third-order valence-corrected chi connectivity index (χ3v) is 2.30. The Morgan fingerprint density at radius 3 is 2.53 bits per heavy atom.